The van der Waals surface area contributed by atoms with Crippen LogP contribution < -0.4 is 31.8 Å². The van der Waals surface area contributed by atoms with E-state index < -0.39 is 131 Å². The average Bonchev–Trinajstić information content (AvgIpc) is 3.43. The zero-order valence-corrected chi connectivity index (χ0v) is 39.6. The van der Waals surface area contributed by atoms with E-state index in [9.17, 15) is 105 Å². The largest absolute Gasteiger partial charge is 0.416 e. The zero-order valence-electron chi connectivity index (χ0n) is 37.8. The molecule has 0 aliphatic heterocycles. The van der Waals surface area contributed by atoms with Crippen LogP contribution in [0.1, 0.15) is 44.5 Å². The van der Waals surface area contributed by atoms with Gasteiger partial charge in [-0.1, -0.05) is 72.8 Å². The second kappa shape index (κ2) is 20.9. The molecule has 0 heterocycles. The molecule has 8 rings (SSSR count). The highest BCUT2D eigenvalue weighted by atomic mass is 31.1. The average molecular weight is 1170 g/mol. The zero-order chi connectivity index (χ0) is 57.9. The third kappa shape index (κ3) is 13.8. The third-order valence-corrected chi connectivity index (χ3v) is 15.7. The summed E-state index contributed by atoms with van der Waals surface area (Å²) in [7, 11) is -5.66. The fraction of sp³-hybridized carbons (Fsp3) is 0.154. The minimum atomic E-state index is -5.30. The molecule has 0 fully saturated rings. The predicted octanol–water partition coefficient (Wildman–Crippen LogP) is 16.9. The number of fused-ring (bicyclic) bond motifs is 2. The molecule has 410 valence electrons. The van der Waals surface area contributed by atoms with Crippen molar-refractivity contribution in [3.05, 3.63) is 202 Å². The Labute approximate surface area is 425 Å². The summed E-state index contributed by atoms with van der Waals surface area (Å²) in [6, 6.07) is 24.9. The molecule has 0 spiro atoms. The molecule has 0 atom stereocenters. The fourth-order valence-corrected chi connectivity index (χ4v) is 12.4. The lowest BCUT2D eigenvalue weighted by Crippen LogP contribution is -2.26. The minimum absolute atomic E-state index is 0.172. The molecule has 2 radical (unpaired) electrons. The Hall–Kier alpha value is -6.54. The van der Waals surface area contributed by atoms with Crippen LogP contribution in [0, 0.1) is 12.1 Å². The van der Waals surface area contributed by atoms with Crippen molar-refractivity contribution < 1.29 is 105 Å². The normalized spacial score (nSPS) is 13.4. The molecule has 8 aromatic rings. The number of rotatable bonds is 6. The Kier molecular flexibility index (Phi) is 15.9. The lowest BCUT2D eigenvalue weighted by atomic mass is 10.1. The van der Waals surface area contributed by atoms with E-state index in [4.69, 9.17) is 0 Å². The third-order valence-electron chi connectivity index (χ3n) is 11.1. The topological polar surface area (TPSA) is 0 Å². The summed E-state index contributed by atoms with van der Waals surface area (Å²) in [5.74, 6) is 0. The maximum Gasteiger partial charge on any atom is 0.416 e. The van der Waals surface area contributed by atoms with Crippen molar-refractivity contribution in [2.24, 2.45) is 0 Å². The Morgan fingerprint density at radius 2 is 0.423 bits per heavy atom. The van der Waals surface area contributed by atoms with Gasteiger partial charge in [-0.3, -0.25) is 0 Å². The van der Waals surface area contributed by atoms with Crippen molar-refractivity contribution in [2.45, 2.75) is 49.4 Å². The van der Waals surface area contributed by atoms with E-state index in [1.807, 2.05) is 0 Å². The fourth-order valence-electron chi connectivity index (χ4n) is 7.59. The van der Waals surface area contributed by atoms with Crippen molar-refractivity contribution in [3.63, 3.8) is 0 Å². The van der Waals surface area contributed by atoms with Crippen molar-refractivity contribution in [2.75, 3.05) is 0 Å². The van der Waals surface area contributed by atoms with Gasteiger partial charge in [0.2, 0.25) is 0 Å². The highest BCUT2D eigenvalue weighted by Gasteiger charge is 2.43. The predicted molar refractivity (Wildman–Crippen MR) is 243 cm³/mol. The van der Waals surface area contributed by atoms with Crippen LogP contribution in [0.3, 0.4) is 0 Å². The first-order chi connectivity index (χ1) is 35.7. The van der Waals surface area contributed by atoms with E-state index in [-0.39, 0.29) is 34.9 Å². The Morgan fingerprint density at radius 1 is 0.231 bits per heavy atom. The van der Waals surface area contributed by atoms with Crippen LogP contribution in [0.2, 0.25) is 0 Å². The second-order valence-corrected chi connectivity index (χ2v) is 21.0. The molecule has 26 heteroatoms. The lowest BCUT2D eigenvalue weighted by molar-refractivity contribution is -0.144. The van der Waals surface area contributed by atoms with Crippen LogP contribution in [0.4, 0.5) is 105 Å². The highest BCUT2D eigenvalue weighted by Crippen LogP contribution is 2.46. The number of halogens is 24. The Morgan fingerprint density at radius 3 is 0.615 bits per heavy atom. The number of alkyl halides is 24. The molecular weight excluding hydrogens is 1140 g/mol. The summed E-state index contributed by atoms with van der Waals surface area (Å²) in [6.45, 7) is 0. The van der Waals surface area contributed by atoms with Crippen molar-refractivity contribution in [1.82, 2.24) is 0 Å². The lowest BCUT2D eigenvalue weighted by Gasteiger charge is -2.24. The summed E-state index contributed by atoms with van der Waals surface area (Å²) in [5, 5.41) is -1.74. The molecular formula is C52H24F24P2. The monoisotopic (exact) mass is 1170 g/mol. The van der Waals surface area contributed by atoms with Gasteiger partial charge in [-0.25, -0.2) is 0 Å². The van der Waals surface area contributed by atoms with Crippen LogP contribution in [0.15, 0.2) is 146 Å². The van der Waals surface area contributed by atoms with Gasteiger partial charge in [0.1, 0.15) is 0 Å². The molecule has 0 N–H and O–H groups in total. The number of benzene rings is 8. The minimum Gasteiger partial charge on any atom is -0.166 e. The van der Waals surface area contributed by atoms with Crippen LogP contribution in [-0.4, -0.2) is 0 Å². The molecule has 8 aromatic carbocycles. The molecule has 0 unspecified atom stereocenters. The van der Waals surface area contributed by atoms with E-state index in [1.54, 1.807) is 24.3 Å². The summed E-state index contributed by atoms with van der Waals surface area (Å²) in [4.78, 5) is 0. The van der Waals surface area contributed by atoms with Crippen molar-refractivity contribution >= 4 is 69.2 Å². The van der Waals surface area contributed by atoms with Crippen LogP contribution in [0.25, 0.3) is 21.5 Å². The molecule has 0 aliphatic rings. The number of hydrogen-bond acceptors (Lipinski definition) is 0. The molecule has 0 aliphatic carbocycles. The molecule has 0 bridgehead atoms. The standard InChI is InChI=1S/2C26H12F12P/c2*27-23(28,29)16-8-17(24(30,31)32)11-21(10-16)39(20-6-5-14-3-1-2-4-15(14)7-20)22-12-18(25(33,34)35)9-19(13-22)26(36,37)38/h2*1-6,8-13H. The van der Waals surface area contributed by atoms with Crippen LogP contribution in [-0.2, 0) is 49.4 Å². The van der Waals surface area contributed by atoms with Gasteiger partial charge in [0.25, 0.3) is 0 Å². The Bertz CT molecular complexity index is 2970. The van der Waals surface area contributed by atoms with Gasteiger partial charge in [0, 0.05) is 0 Å². The summed E-state index contributed by atoms with van der Waals surface area (Å²) >= 11 is 0. The van der Waals surface area contributed by atoms with Gasteiger partial charge in [0.15, 0.2) is 0 Å². The summed E-state index contributed by atoms with van der Waals surface area (Å²) in [5.41, 5.74) is -14.1. The van der Waals surface area contributed by atoms with Gasteiger partial charge >= 0.3 is 49.4 Å². The van der Waals surface area contributed by atoms with Gasteiger partial charge in [0.05, 0.1) is 44.5 Å². The molecule has 0 amide bonds. The molecule has 0 saturated heterocycles. The van der Waals surface area contributed by atoms with E-state index in [1.165, 1.54) is 48.5 Å². The highest BCUT2D eigenvalue weighted by molar-refractivity contribution is 7.80. The van der Waals surface area contributed by atoms with E-state index in [0.29, 0.717) is 70.1 Å². The van der Waals surface area contributed by atoms with Crippen LogP contribution >= 0.6 is 15.8 Å². The first kappa shape index (κ1) is 59.1. The smallest absolute Gasteiger partial charge is 0.166 e. The number of hydrogen-bond donors (Lipinski definition) is 0. The maximum atomic E-state index is 13.6. The first-order valence-corrected chi connectivity index (χ1v) is 24.0. The summed E-state index contributed by atoms with van der Waals surface area (Å²) < 4.78 is 326. The Balaban J connectivity index is 0.000000226. The van der Waals surface area contributed by atoms with Gasteiger partial charge in [-0.2, -0.15) is 105 Å². The van der Waals surface area contributed by atoms with E-state index >= 15 is 0 Å². The maximum absolute atomic E-state index is 13.6. The van der Waals surface area contributed by atoms with Gasteiger partial charge in [-0.15, -0.1) is 0 Å². The van der Waals surface area contributed by atoms with Crippen molar-refractivity contribution in [3.8, 4) is 0 Å². The molecule has 0 aromatic heterocycles. The molecule has 0 saturated carbocycles. The second-order valence-electron chi connectivity index (χ2n) is 16.6. The van der Waals surface area contributed by atoms with E-state index in [2.05, 4.69) is 12.1 Å². The SMILES string of the molecule is FC(F)(F)c1cc(P(c2[c]c3ccccc3cc2)c2cc(C(F)(F)F)cc(C(F)(F)F)c2)cc(C(F)(F)F)c1.FC(F)(F)c1cc(P(c2[c]c3ccccc3cc2)c2cc(C(F)(F)F)cc(C(F)(F)F)c2)cc(C(F)(F)F)c1. The van der Waals surface area contributed by atoms with E-state index in [0.717, 1.165) is 0 Å². The summed E-state index contributed by atoms with van der Waals surface area (Å²) in [6.07, 6.45) is -42.4. The van der Waals surface area contributed by atoms with Gasteiger partial charge in [-0.05, 0) is 154 Å². The molecule has 0 nitrogen and oxygen atoms in total. The first-order valence-electron chi connectivity index (χ1n) is 21.3. The quantitative estimate of drug-likeness (QED) is 0.115. The van der Waals surface area contributed by atoms with Crippen molar-refractivity contribution in [1.29, 1.82) is 0 Å². The molecule has 78 heavy (non-hydrogen) atoms. The van der Waals surface area contributed by atoms with Crippen LogP contribution in [0.5, 0.6) is 0 Å². The van der Waals surface area contributed by atoms with Gasteiger partial charge < -0.3 is 0 Å².